The highest BCUT2D eigenvalue weighted by molar-refractivity contribution is 7.89. The van der Waals surface area contributed by atoms with Crippen LogP contribution < -0.4 is 5.14 Å². The first kappa shape index (κ1) is 16.4. The maximum atomic E-state index is 11.4. The zero-order chi connectivity index (χ0) is 17.2. The summed E-state index contributed by atoms with van der Waals surface area (Å²) in [5.41, 5.74) is 2.27. The number of sulfonamides is 1. The highest BCUT2D eigenvalue weighted by Crippen LogP contribution is 2.33. The van der Waals surface area contributed by atoms with Crippen LogP contribution in [-0.4, -0.2) is 20.5 Å². The molecule has 0 saturated heterocycles. The zero-order valence-electron chi connectivity index (χ0n) is 13.0. The molecule has 0 aliphatic carbocycles. The molecule has 0 radical (unpaired) electrons. The Kier molecular flexibility index (Phi) is 4.48. The normalized spacial score (nSPS) is 11.6. The third-order valence-corrected chi connectivity index (χ3v) is 4.36. The van der Waals surface area contributed by atoms with Gasteiger partial charge in [0.05, 0.1) is 4.90 Å². The van der Waals surface area contributed by atoms with Gasteiger partial charge in [-0.05, 0) is 24.3 Å². The predicted molar refractivity (Wildman–Crippen MR) is 89.5 cm³/mol. The minimum atomic E-state index is -3.73. The van der Waals surface area contributed by atoms with E-state index in [2.05, 4.69) is 4.98 Å². The van der Waals surface area contributed by atoms with Crippen LogP contribution in [0.4, 0.5) is 0 Å². The number of primary sulfonamides is 1. The third kappa shape index (κ3) is 3.38. The molecule has 2 aromatic carbocycles. The van der Waals surface area contributed by atoms with E-state index >= 15 is 0 Å². The number of hydrogen-bond acceptors (Lipinski definition) is 5. The van der Waals surface area contributed by atoms with Crippen molar-refractivity contribution >= 4 is 10.0 Å². The molecule has 2 N–H and O–H groups in total. The van der Waals surface area contributed by atoms with E-state index in [9.17, 15) is 8.42 Å². The molecule has 0 aliphatic heterocycles. The summed E-state index contributed by atoms with van der Waals surface area (Å²) >= 11 is 0. The van der Waals surface area contributed by atoms with Crippen molar-refractivity contribution < 1.29 is 17.6 Å². The van der Waals surface area contributed by atoms with Crippen LogP contribution in [0.15, 0.2) is 63.9 Å². The lowest BCUT2D eigenvalue weighted by molar-refractivity contribution is 0.160. The summed E-state index contributed by atoms with van der Waals surface area (Å²) in [4.78, 5) is 4.53. The topological polar surface area (TPSA) is 95.4 Å². The van der Waals surface area contributed by atoms with Crippen LogP contribution in [-0.2, 0) is 21.4 Å². The number of oxazole rings is 1. The summed E-state index contributed by atoms with van der Waals surface area (Å²) in [5, 5.41) is 5.13. The molecule has 6 nitrogen and oxygen atoms in total. The average Bonchev–Trinajstić information content (AvgIpc) is 2.99. The van der Waals surface area contributed by atoms with Gasteiger partial charge in [0.2, 0.25) is 15.9 Å². The fourth-order valence-corrected chi connectivity index (χ4v) is 2.85. The van der Waals surface area contributed by atoms with Gasteiger partial charge in [-0.2, -0.15) is 0 Å². The maximum absolute atomic E-state index is 11.4. The predicted octanol–water partition coefficient (Wildman–Crippen LogP) is 2.80. The van der Waals surface area contributed by atoms with Crippen molar-refractivity contribution in [3.05, 3.63) is 60.5 Å². The van der Waals surface area contributed by atoms with Gasteiger partial charge in [0.1, 0.15) is 12.3 Å². The SMILES string of the molecule is COCc1nc(-c2ccccc2)c(-c2ccc(S(N)(=O)=O)cc2)o1. The van der Waals surface area contributed by atoms with Crippen molar-refractivity contribution in [2.24, 2.45) is 5.14 Å². The molecule has 124 valence electrons. The quantitative estimate of drug-likeness (QED) is 0.768. The van der Waals surface area contributed by atoms with Crippen molar-refractivity contribution in [3.63, 3.8) is 0 Å². The highest BCUT2D eigenvalue weighted by Gasteiger charge is 2.17. The van der Waals surface area contributed by atoms with E-state index in [0.717, 1.165) is 5.56 Å². The van der Waals surface area contributed by atoms with Gasteiger partial charge in [-0.1, -0.05) is 30.3 Å². The van der Waals surface area contributed by atoms with Crippen molar-refractivity contribution in [2.45, 2.75) is 11.5 Å². The van der Waals surface area contributed by atoms with Gasteiger partial charge < -0.3 is 9.15 Å². The largest absolute Gasteiger partial charge is 0.437 e. The van der Waals surface area contributed by atoms with Crippen molar-refractivity contribution in [1.82, 2.24) is 4.98 Å². The number of aromatic nitrogens is 1. The average molecular weight is 344 g/mol. The lowest BCUT2D eigenvalue weighted by Crippen LogP contribution is -2.11. The molecule has 7 heteroatoms. The summed E-state index contributed by atoms with van der Waals surface area (Å²) in [6.07, 6.45) is 0. The number of benzene rings is 2. The van der Waals surface area contributed by atoms with E-state index in [0.29, 0.717) is 22.9 Å². The second kappa shape index (κ2) is 6.56. The van der Waals surface area contributed by atoms with Gasteiger partial charge >= 0.3 is 0 Å². The summed E-state index contributed by atoms with van der Waals surface area (Å²) in [6, 6.07) is 15.8. The standard InChI is InChI=1S/C17H16N2O4S/c1-22-11-15-19-16(12-5-3-2-4-6-12)17(23-15)13-7-9-14(10-8-13)24(18,20)21/h2-10H,11H2,1H3,(H2,18,20,21). The molecular formula is C17H16N2O4S. The Labute approximate surface area is 140 Å². The molecule has 24 heavy (non-hydrogen) atoms. The van der Waals surface area contributed by atoms with Crippen LogP contribution >= 0.6 is 0 Å². The first-order valence-electron chi connectivity index (χ1n) is 7.16. The van der Waals surface area contributed by atoms with Crippen molar-refractivity contribution in [3.8, 4) is 22.6 Å². The highest BCUT2D eigenvalue weighted by atomic mass is 32.2. The first-order valence-corrected chi connectivity index (χ1v) is 8.71. The molecule has 0 atom stereocenters. The molecule has 1 aromatic heterocycles. The second-order valence-electron chi connectivity index (χ2n) is 5.15. The number of hydrogen-bond donors (Lipinski definition) is 1. The maximum Gasteiger partial charge on any atom is 0.238 e. The third-order valence-electron chi connectivity index (χ3n) is 3.43. The van der Waals surface area contributed by atoms with Gasteiger partial charge in [0.25, 0.3) is 0 Å². The Morgan fingerprint density at radius 1 is 1.04 bits per heavy atom. The van der Waals surface area contributed by atoms with E-state index in [1.165, 1.54) is 12.1 Å². The molecule has 0 saturated carbocycles. The molecule has 0 aliphatic rings. The zero-order valence-corrected chi connectivity index (χ0v) is 13.8. The van der Waals surface area contributed by atoms with Crippen molar-refractivity contribution in [2.75, 3.05) is 7.11 Å². The fraction of sp³-hybridized carbons (Fsp3) is 0.118. The molecule has 3 rings (SSSR count). The molecule has 0 bridgehead atoms. The molecule has 1 heterocycles. The van der Waals surface area contributed by atoms with Crippen molar-refractivity contribution in [1.29, 1.82) is 0 Å². The molecule has 0 spiro atoms. The summed E-state index contributed by atoms with van der Waals surface area (Å²) in [7, 11) is -2.17. The number of nitrogens with zero attached hydrogens (tertiary/aromatic N) is 1. The molecule has 0 fully saturated rings. The minimum Gasteiger partial charge on any atom is -0.437 e. The summed E-state index contributed by atoms with van der Waals surface area (Å²) < 4.78 is 33.7. The number of ether oxygens (including phenoxy) is 1. The Morgan fingerprint density at radius 2 is 1.71 bits per heavy atom. The second-order valence-corrected chi connectivity index (χ2v) is 6.72. The molecule has 0 unspecified atom stereocenters. The van der Waals surface area contributed by atoms with Gasteiger partial charge in [0, 0.05) is 18.2 Å². The van der Waals surface area contributed by atoms with Gasteiger partial charge in [0.15, 0.2) is 5.76 Å². The van der Waals surface area contributed by atoms with Crippen LogP contribution in [0.2, 0.25) is 0 Å². The van der Waals surface area contributed by atoms with Gasteiger partial charge in [-0.15, -0.1) is 0 Å². The van der Waals surface area contributed by atoms with E-state index in [1.54, 1.807) is 19.2 Å². The molecule has 3 aromatic rings. The van der Waals surface area contributed by atoms with Crippen LogP contribution in [0.3, 0.4) is 0 Å². The van der Waals surface area contributed by atoms with E-state index in [1.807, 2.05) is 30.3 Å². The fourth-order valence-electron chi connectivity index (χ4n) is 2.33. The van der Waals surface area contributed by atoms with Crippen LogP contribution in [0.25, 0.3) is 22.6 Å². The number of nitrogens with two attached hydrogens (primary N) is 1. The van der Waals surface area contributed by atoms with Gasteiger partial charge in [-0.25, -0.2) is 18.5 Å². The van der Waals surface area contributed by atoms with Gasteiger partial charge in [-0.3, -0.25) is 0 Å². The Hall–Kier alpha value is -2.48. The first-order chi connectivity index (χ1) is 11.5. The van der Waals surface area contributed by atoms with Crippen LogP contribution in [0.1, 0.15) is 5.89 Å². The lowest BCUT2D eigenvalue weighted by Gasteiger charge is -2.03. The minimum absolute atomic E-state index is 0.0455. The Morgan fingerprint density at radius 3 is 2.29 bits per heavy atom. The molecular weight excluding hydrogens is 328 g/mol. The van der Waals surface area contributed by atoms with E-state index < -0.39 is 10.0 Å². The smallest absolute Gasteiger partial charge is 0.238 e. The van der Waals surface area contributed by atoms with E-state index in [4.69, 9.17) is 14.3 Å². The Bertz CT molecular complexity index is 932. The molecule has 0 amide bonds. The number of methoxy groups -OCH3 is 1. The van der Waals surface area contributed by atoms with E-state index in [-0.39, 0.29) is 11.5 Å². The lowest BCUT2D eigenvalue weighted by atomic mass is 10.1. The Balaban J connectivity index is 2.09. The van der Waals surface area contributed by atoms with Crippen LogP contribution in [0, 0.1) is 0 Å². The summed E-state index contributed by atoms with van der Waals surface area (Å²) in [6.45, 7) is 0.245. The van der Waals surface area contributed by atoms with Crippen LogP contribution in [0.5, 0.6) is 0 Å². The summed E-state index contributed by atoms with van der Waals surface area (Å²) in [5.74, 6) is 0.996. The monoisotopic (exact) mass is 344 g/mol. The number of rotatable bonds is 5.